The van der Waals surface area contributed by atoms with Gasteiger partial charge in [0.25, 0.3) is 0 Å². The lowest BCUT2D eigenvalue weighted by atomic mass is 10.2. The number of rotatable bonds is 6. The maximum Gasteiger partial charge on any atom is 0.151 e. The van der Waals surface area contributed by atoms with Crippen molar-refractivity contribution < 1.29 is 0 Å². The van der Waals surface area contributed by atoms with Crippen LogP contribution in [-0.2, 0) is 6.54 Å². The zero-order valence-electron chi connectivity index (χ0n) is 11.0. The number of hydrogen-bond acceptors (Lipinski definition) is 4. The zero-order chi connectivity index (χ0) is 12.8. The van der Waals surface area contributed by atoms with Gasteiger partial charge in [0.05, 0.1) is 5.69 Å². The number of halogens is 1. The van der Waals surface area contributed by atoms with Crippen molar-refractivity contribution in [3.63, 3.8) is 0 Å². The van der Waals surface area contributed by atoms with Crippen LogP contribution in [0.2, 0.25) is 5.15 Å². The first-order valence-corrected chi connectivity index (χ1v) is 6.27. The van der Waals surface area contributed by atoms with Crippen LogP contribution in [0.3, 0.4) is 0 Å². The van der Waals surface area contributed by atoms with E-state index in [4.69, 9.17) is 11.6 Å². The summed E-state index contributed by atoms with van der Waals surface area (Å²) < 4.78 is 0. The molecule has 0 fully saturated rings. The van der Waals surface area contributed by atoms with Crippen LogP contribution >= 0.6 is 11.6 Å². The van der Waals surface area contributed by atoms with Crippen LogP contribution in [0.5, 0.6) is 0 Å². The normalized spacial score (nSPS) is 13.4. The van der Waals surface area contributed by atoms with Gasteiger partial charge < -0.3 is 4.90 Å². The molecule has 1 unspecified atom stereocenters. The lowest BCUT2D eigenvalue weighted by Crippen LogP contribution is -2.39. The average molecular weight is 257 g/mol. The minimum Gasteiger partial charge on any atom is -0.308 e. The molecule has 0 amide bonds. The molecule has 0 aromatic carbocycles. The summed E-state index contributed by atoms with van der Waals surface area (Å²) in [5.41, 5.74) is 0.960. The van der Waals surface area contributed by atoms with Gasteiger partial charge in [0, 0.05) is 19.1 Å². The third-order valence-corrected chi connectivity index (χ3v) is 2.91. The standard InChI is InChI=1S/C12H21ClN4/c1-5-17(10(2)8-16(3)4)9-11-6-7-12(13)15-14-11/h6-7,10H,5,8-9H2,1-4H3. The molecule has 0 aliphatic rings. The predicted octanol–water partition coefficient (Wildman–Crippen LogP) is 1.90. The molecule has 0 spiro atoms. The van der Waals surface area contributed by atoms with Crippen LogP contribution in [0.1, 0.15) is 19.5 Å². The van der Waals surface area contributed by atoms with Crippen molar-refractivity contribution in [3.05, 3.63) is 23.0 Å². The van der Waals surface area contributed by atoms with E-state index >= 15 is 0 Å². The number of likely N-dealkylation sites (N-methyl/N-ethyl adjacent to an activating group) is 2. The first-order valence-electron chi connectivity index (χ1n) is 5.89. The van der Waals surface area contributed by atoms with E-state index in [0.717, 1.165) is 25.3 Å². The first-order chi connectivity index (χ1) is 8.02. The van der Waals surface area contributed by atoms with Gasteiger partial charge in [-0.2, -0.15) is 5.10 Å². The van der Waals surface area contributed by atoms with Crippen LogP contribution in [0.25, 0.3) is 0 Å². The lowest BCUT2D eigenvalue weighted by Gasteiger charge is -2.29. The number of aromatic nitrogens is 2. The Balaban J connectivity index is 2.59. The molecule has 0 saturated carbocycles. The van der Waals surface area contributed by atoms with E-state index < -0.39 is 0 Å². The van der Waals surface area contributed by atoms with Crippen molar-refractivity contribution in [1.29, 1.82) is 0 Å². The molecule has 5 heteroatoms. The Bertz CT molecular complexity index is 326. The van der Waals surface area contributed by atoms with Crippen LogP contribution in [0.4, 0.5) is 0 Å². The minimum atomic E-state index is 0.443. The van der Waals surface area contributed by atoms with Crippen molar-refractivity contribution in [2.45, 2.75) is 26.4 Å². The Hall–Kier alpha value is -0.710. The Morgan fingerprint density at radius 3 is 2.47 bits per heavy atom. The Labute approximate surface area is 109 Å². The molecule has 0 aliphatic heterocycles. The topological polar surface area (TPSA) is 32.3 Å². The summed E-state index contributed by atoms with van der Waals surface area (Å²) >= 11 is 5.72. The molecule has 0 N–H and O–H groups in total. The van der Waals surface area contributed by atoms with Gasteiger partial charge in [-0.1, -0.05) is 18.5 Å². The van der Waals surface area contributed by atoms with Crippen LogP contribution < -0.4 is 0 Å². The van der Waals surface area contributed by atoms with Gasteiger partial charge in [-0.05, 0) is 39.7 Å². The highest BCUT2D eigenvalue weighted by molar-refractivity contribution is 6.29. The molecule has 17 heavy (non-hydrogen) atoms. The van der Waals surface area contributed by atoms with E-state index in [1.165, 1.54) is 0 Å². The molecule has 0 saturated heterocycles. The van der Waals surface area contributed by atoms with E-state index in [-0.39, 0.29) is 0 Å². The van der Waals surface area contributed by atoms with Crippen LogP contribution in [-0.4, -0.2) is 53.2 Å². The summed E-state index contributed by atoms with van der Waals surface area (Å²) in [6.07, 6.45) is 0. The van der Waals surface area contributed by atoms with E-state index in [1.54, 1.807) is 6.07 Å². The fraction of sp³-hybridized carbons (Fsp3) is 0.667. The average Bonchev–Trinajstić information content (AvgIpc) is 2.27. The molecular formula is C12H21ClN4. The zero-order valence-corrected chi connectivity index (χ0v) is 11.8. The predicted molar refractivity (Wildman–Crippen MR) is 71.1 cm³/mol. The van der Waals surface area contributed by atoms with Crippen LogP contribution in [0, 0.1) is 0 Å². The van der Waals surface area contributed by atoms with E-state index in [0.29, 0.717) is 11.2 Å². The lowest BCUT2D eigenvalue weighted by molar-refractivity contribution is 0.172. The Morgan fingerprint density at radius 1 is 1.29 bits per heavy atom. The number of hydrogen-bond donors (Lipinski definition) is 0. The fourth-order valence-electron chi connectivity index (χ4n) is 1.86. The SMILES string of the molecule is CCN(Cc1ccc(Cl)nn1)C(C)CN(C)C. The van der Waals surface area contributed by atoms with Crippen molar-refractivity contribution in [2.75, 3.05) is 27.2 Å². The molecule has 96 valence electrons. The third-order valence-electron chi connectivity index (χ3n) is 2.71. The molecule has 0 aliphatic carbocycles. The van der Waals surface area contributed by atoms with Gasteiger partial charge in [-0.25, -0.2) is 0 Å². The third kappa shape index (κ3) is 4.98. The monoisotopic (exact) mass is 256 g/mol. The van der Waals surface area contributed by atoms with Crippen molar-refractivity contribution in [3.8, 4) is 0 Å². The van der Waals surface area contributed by atoms with Crippen molar-refractivity contribution in [1.82, 2.24) is 20.0 Å². The smallest absolute Gasteiger partial charge is 0.151 e. The summed E-state index contributed by atoms with van der Waals surface area (Å²) in [5, 5.41) is 8.40. The molecule has 4 nitrogen and oxygen atoms in total. The molecule has 1 heterocycles. The van der Waals surface area contributed by atoms with Gasteiger partial charge in [-0.3, -0.25) is 4.90 Å². The maximum atomic E-state index is 5.72. The largest absolute Gasteiger partial charge is 0.308 e. The summed E-state index contributed by atoms with van der Waals surface area (Å²) in [7, 11) is 4.18. The second-order valence-electron chi connectivity index (χ2n) is 4.52. The summed E-state index contributed by atoms with van der Waals surface area (Å²) in [5.74, 6) is 0. The van der Waals surface area contributed by atoms with Gasteiger partial charge in [-0.15, -0.1) is 5.10 Å². The summed E-state index contributed by atoms with van der Waals surface area (Å²) in [6, 6.07) is 4.21. The Kier molecular flexibility index (Phi) is 5.82. The molecular weight excluding hydrogens is 236 g/mol. The van der Waals surface area contributed by atoms with Gasteiger partial charge in [0.2, 0.25) is 0 Å². The second-order valence-corrected chi connectivity index (χ2v) is 4.91. The van der Waals surface area contributed by atoms with Gasteiger partial charge in [0.15, 0.2) is 5.15 Å². The highest BCUT2D eigenvalue weighted by Crippen LogP contribution is 2.08. The minimum absolute atomic E-state index is 0.443. The van der Waals surface area contributed by atoms with Crippen molar-refractivity contribution in [2.24, 2.45) is 0 Å². The van der Waals surface area contributed by atoms with Gasteiger partial charge >= 0.3 is 0 Å². The van der Waals surface area contributed by atoms with Crippen molar-refractivity contribution >= 4 is 11.6 Å². The molecule has 1 atom stereocenters. The highest BCUT2D eigenvalue weighted by atomic mass is 35.5. The highest BCUT2D eigenvalue weighted by Gasteiger charge is 2.13. The van der Waals surface area contributed by atoms with Gasteiger partial charge in [0.1, 0.15) is 0 Å². The van der Waals surface area contributed by atoms with E-state index in [2.05, 4.69) is 47.9 Å². The molecule has 1 rings (SSSR count). The first kappa shape index (κ1) is 14.4. The molecule has 1 aromatic rings. The molecule has 0 bridgehead atoms. The van der Waals surface area contributed by atoms with Crippen LogP contribution in [0.15, 0.2) is 12.1 Å². The molecule has 0 radical (unpaired) electrons. The summed E-state index contributed by atoms with van der Waals surface area (Å²) in [4.78, 5) is 4.57. The van der Waals surface area contributed by atoms with E-state index in [9.17, 15) is 0 Å². The fourth-order valence-corrected chi connectivity index (χ4v) is 1.96. The quantitative estimate of drug-likeness (QED) is 0.778. The summed E-state index contributed by atoms with van der Waals surface area (Å²) in [6.45, 7) is 7.24. The maximum absolute atomic E-state index is 5.72. The second kappa shape index (κ2) is 6.89. The van der Waals surface area contributed by atoms with E-state index in [1.807, 2.05) is 6.07 Å². The Morgan fingerprint density at radius 2 is 2.00 bits per heavy atom. The number of nitrogens with zero attached hydrogens (tertiary/aromatic N) is 4. The molecule has 1 aromatic heterocycles.